The number of hydrogen-bond acceptors (Lipinski definition) is 4. The lowest BCUT2D eigenvalue weighted by Gasteiger charge is -2.41. The van der Waals surface area contributed by atoms with Crippen LogP contribution in [0.5, 0.6) is 0 Å². The molecule has 1 saturated heterocycles. The lowest BCUT2D eigenvalue weighted by molar-refractivity contribution is 0.0556. The zero-order chi connectivity index (χ0) is 17.7. The molecule has 1 heterocycles. The van der Waals surface area contributed by atoms with E-state index in [1.54, 1.807) is 4.90 Å². The van der Waals surface area contributed by atoms with E-state index in [-0.39, 0.29) is 19.2 Å². The fourth-order valence-corrected chi connectivity index (χ4v) is 3.15. The zero-order valence-electron chi connectivity index (χ0n) is 14.0. The number of piperidine rings is 1. The molecule has 1 amide bonds. The molecule has 2 aromatic rings. The molecule has 25 heavy (non-hydrogen) atoms. The molecular weight excluding hydrogens is 314 g/mol. The summed E-state index contributed by atoms with van der Waals surface area (Å²) in [5.74, 6) is 0. The molecule has 0 spiro atoms. The largest absolute Gasteiger partial charge is 0.445 e. The first-order valence-electron chi connectivity index (χ1n) is 8.34. The van der Waals surface area contributed by atoms with Crippen LogP contribution < -0.4 is 5.73 Å². The number of nitrogens with zero attached hydrogens (tertiary/aromatic N) is 2. The van der Waals surface area contributed by atoms with Gasteiger partial charge in [0, 0.05) is 0 Å². The van der Waals surface area contributed by atoms with Gasteiger partial charge in [-0.1, -0.05) is 60.7 Å². The van der Waals surface area contributed by atoms with Crippen molar-refractivity contribution in [2.45, 2.75) is 31.0 Å². The van der Waals surface area contributed by atoms with Crippen LogP contribution >= 0.6 is 0 Å². The number of benzene rings is 2. The van der Waals surface area contributed by atoms with Gasteiger partial charge in [0.25, 0.3) is 0 Å². The molecule has 0 radical (unpaired) electrons. The first-order chi connectivity index (χ1) is 12.1. The van der Waals surface area contributed by atoms with Crippen molar-refractivity contribution < 1.29 is 9.53 Å². The summed E-state index contributed by atoms with van der Waals surface area (Å²) in [6.45, 7) is 0.360. The van der Waals surface area contributed by atoms with E-state index in [1.165, 1.54) is 0 Å². The van der Waals surface area contributed by atoms with Gasteiger partial charge >= 0.3 is 6.09 Å². The monoisotopic (exact) mass is 335 g/mol. The Labute approximate surface area is 147 Å². The third-order valence-corrected chi connectivity index (χ3v) is 4.54. The second-order valence-electron chi connectivity index (χ2n) is 6.40. The average molecular weight is 335 g/mol. The first kappa shape index (κ1) is 17.0. The number of ether oxygens (including phenoxy) is 1. The highest BCUT2D eigenvalue weighted by Gasteiger charge is 2.40. The van der Waals surface area contributed by atoms with E-state index in [0.717, 1.165) is 11.1 Å². The van der Waals surface area contributed by atoms with E-state index in [1.807, 2.05) is 60.7 Å². The van der Waals surface area contributed by atoms with Gasteiger partial charge in [-0.15, -0.1) is 0 Å². The van der Waals surface area contributed by atoms with Crippen LogP contribution in [0, 0.1) is 11.3 Å². The Morgan fingerprint density at radius 2 is 1.84 bits per heavy atom. The second-order valence-corrected chi connectivity index (χ2v) is 6.40. The van der Waals surface area contributed by atoms with Crippen LogP contribution in [0.25, 0.3) is 0 Å². The van der Waals surface area contributed by atoms with Crippen molar-refractivity contribution in [3.63, 3.8) is 0 Å². The van der Waals surface area contributed by atoms with Gasteiger partial charge in [0.05, 0.1) is 18.7 Å². The Bertz CT molecular complexity index is 758. The molecule has 0 bridgehead atoms. The Balaban J connectivity index is 1.77. The molecule has 2 atom stereocenters. The van der Waals surface area contributed by atoms with Gasteiger partial charge in [-0.3, -0.25) is 4.90 Å². The predicted octanol–water partition coefficient (Wildman–Crippen LogP) is 3.38. The van der Waals surface area contributed by atoms with E-state index in [2.05, 4.69) is 6.07 Å². The molecule has 5 nitrogen and oxygen atoms in total. The van der Waals surface area contributed by atoms with Crippen LogP contribution in [-0.2, 0) is 11.3 Å². The maximum absolute atomic E-state index is 12.7. The van der Waals surface area contributed by atoms with E-state index in [9.17, 15) is 10.1 Å². The summed E-state index contributed by atoms with van der Waals surface area (Å²) in [5, 5.41) is 9.36. The van der Waals surface area contributed by atoms with Gasteiger partial charge in [0.2, 0.25) is 0 Å². The maximum Gasteiger partial charge on any atom is 0.410 e. The maximum atomic E-state index is 12.7. The fraction of sp³-hybridized carbons (Fsp3) is 0.300. The minimum Gasteiger partial charge on any atom is -0.445 e. The highest BCUT2D eigenvalue weighted by atomic mass is 16.6. The molecule has 128 valence electrons. The van der Waals surface area contributed by atoms with Crippen LogP contribution in [-0.4, -0.2) is 23.1 Å². The van der Waals surface area contributed by atoms with E-state index in [4.69, 9.17) is 10.5 Å². The van der Waals surface area contributed by atoms with Gasteiger partial charge in [-0.2, -0.15) is 5.26 Å². The van der Waals surface area contributed by atoms with Crippen molar-refractivity contribution in [3.8, 4) is 6.07 Å². The number of nitriles is 1. The van der Waals surface area contributed by atoms with Crippen molar-refractivity contribution in [1.29, 1.82) is 5.26 Å². The molecule has 2 N–H and O–H groups in total. The predicted molar refractivity (Wildman–Crippen MR) is 94.3 cm³/mol. The molecule has 3 rings (SSSR count). The summed E-state index contributed by atoms with van der Waals surface area (Å²) in [7, 11) is 0. The third kappa shape index (κ3) is 3.98. The number of carbonyl (C=O) groups excluding carboxylic acids is 1. The van der Waals surface area contributed by atoms with Crippen molar-refractivity contribution in [1.82, 2.24) is 4.90 Å². The second kappa shape index (κ2) is 7.37. The summed E-state index contributed by atoms with van der Waals surface area (Å²) < 4.78 is 5.48. The molecule has 1 fully saturated rings. The molecular formula is C20H21N3O2. The number of nitrogens with two attached hydrogens (primary N) is 1. The smallest absolute Gasteiger partial charge is 0.410 e. The molecule has 0 aromatic heterocycles. The molecule has 1 aliphatic heterocycles. The molecule has 0 aliphatic carbocycles. The molecule has 5 heteroatoms. The van der Waals surface area contributed by atoms with Gasteiger partial charge in [0.15, 0.2) is 0 Å². The standard InChI is InChI=1S/C20H21N3O2/c21-14-20(22)12-11-18(17-9-5-2-6-10-17)23(15-20)19(24)25-13-16-7-3-1-4-8-16/h1-10,18H,11-13,15,22H2/t18-,20-/m0/s1. The highest BCUT2D eigenvalue weighted by Crippen LogP contribution is 2.34. The summed E-state index contributed by atoms with van der Waals surface area (Å²) >= 11 is 0. The lowest BCUT2D eigenvalue weighted by Crippen LogP contribution is -2.55. The molecule has 2 aromatic carbocycles. The Morgan fingerprint density at radius 1 is 1.20 bits per heavy atom. The Kier molecular flexibility index (Phi) is 5.01. The summed E-state index contributed by atoms with van der Waals surface area (Å²) in [4.78, 5) is 14.3. The van der Waals surface area contributed by atoms with Crippen molar-refractivity contribution in [2.75, 3.05) is 6.54 Å². The van der Waals surface area contributed by atoms with Crippen molar-refractivity contribution in [3.05, 3.63) is 71.8 Å². The lowest BCUT2D eigenvalue weighted by atomic mass is 9.85. The van der Waals surface area contributed by atoms with Gasteiger partial charge in [-0.05, 0) is 24.0 Å². The van der Waals surface area contributed by atoms with E-state index >= 15 is 0 Å². The van der Waals surface area contributed by atoms with Crippen molar-refractivity contribution in [2.24, 2.45) is 5.73 Å². The topological polar surface area (TPSA) is 79.4 Å². The van der Waals surface area contributed by atoms with Crippen LogP contribution in [0.2, 0.25) is 0 Å². The number of amides is 1. The van der Waals surface area contributed by atoms with Gasteiger partial charge in [-0.25, -0.2) is 4.79 Å². The number of rotatable bonds is 3. The summed E-state index contributed by atoms with van der Waals surface area (Å²) in [6, 6.07) is 21.3. The van der Waals surface area contributed by atoms with Crippen LogP contribution in [0.4, 0.5) is 4.79 Å². The first-order valence-corrected chi connectivity index (χ1v) is 8.34. The Hall–Kier alpha value is -2.84. The average Bonchev–Trinajstić information content (AvgIpc) is 2.67. The number of hydrogen-bond donors (Lipinski definition) is 1. The van der Waals surface area contributed by atoms with Crippen LogP contribution in [0.3, 0.4) is 0 Å². The SMILES string of the molecule is N#C[C@@]1(N)CC[C@@H](c2ccccc2)N(C(=O)OCc2ccccc2)C1. The highest BCUT2D eigenvalue weighted by molar-refractivity contribution is 5.69. The minimum absolute atomic E-state index is 0.130. The van der Waals surface area contributed by atoms with Crippen molar-refractivity contribution >= 4 is 6.09 Å². The van der Waals surface area contributed by atoms with E-state index < -0.39 is 11.6 Å². The third-order valence-electron chi connectivity index (χ3n) is 4.54. The van der Waals surface area contributed by atoms with Gasteiger partial charge < -0.3 is 10.5 Å². The fourth-order valence-electron chi connectivity index (χ4n) is 3.15. The molecule has 0 unspecified atom stereocenters. The van der Waals surface area contributed by atoms with Gasteiger partial charge in [0.1, 0.15) is 12.1 Å². The molecule has 0 saturated carbocycles. The summed E-state index contributed by atoms with van der Waals surface area (Å²) in [6.07, 6.45) is 0.738. The number of carbonyl (C=O) groups is 1. The normalized spacial score (nSPS) is 22.9. The van der Waals surface area contributed by atoms with Crippen LogP contribution in [0.15, 0.2) is 60.7 Å². The summed E-state index contributed by atoms with van der Waals surface area (Å²) in [5.41, 5.74) is 7.04. The van der Waals surface area contributed by atoms with Crippen LogP contribution in [0.1, 0.15) is 30.0 Å². The Morgan fingerprint density at radius 3 is 2.48 bits per heavy atom. The zero-order valence-corrected chi connectivity index (χ0v) is 14.0. The quantitative estimate of drug-likeness (QED) is 0.932. The number of likely N-dealkylation sites (tertiary alicyclic amines) is 1. The minimum atomic E-state index is -1.03. The van der Waals surface area contributed by atoms with E-state index in [0.29, 0.717) is 12.8 Å². The molecule has 1 aliphatic rings.